The molecule has 0 N–H and O–H groups in total. The quantitative estimate of drug-likeness (QED) is 0.705. The summed E-state index contributed by atoms with van der Waals surface area (Å²) in [5.74, 6) is 1.17. The van der Waals surface area contributed by atoms with Gasteiger partial charge in [0.25, 0.3) is 0 Å². The molecule has 3 aromatic rings. The van der Waals surface area contributed by atoms with Crippen molar-refractivity contribution in [2.24, 2.45) is 0 Å². The molecule has 0 saturated heterocycles. The molecular formula is C15H13N3O3S2. The molecule has 0 aliphatic heterocycles. The lowest BCUT2D eigenvalue weighted by Gasteiger charge is -2.05. The van der Waals surface area contributed by atoms with Crippen molar-refractivity contribution < 1.29 is 13.2 Å². The number of nitrogens with zero attached hydrogens (tertiary/aromatic N) is 3. The lowest BCUT2D eigenvalue weighted by Crippen LogP contribution is -1.98. The molecule has 0 unspecified atom stereocenters. The molecule has 0 fully saturated rings. The van der Waals surface area contributed by atoms with Crippen LogP contribution in [0.25, 0.3) is 10.8 Å². The maximum Gasteiger partial charge on any atom is 0.188 e. The fourth-order valence-electron chi connectivity index (χ4n) is 1.83. The van der Waals surface area contributed by atoms with Crippen molar-refractivity contribution in [3.8, 4) is 16.6 Å². The number of thiazole rings is 1. The number of benzene rings is 1. The third kappa shape index (κ3) is 3.91. The van der Waals surface area contributed by atoms with Gasteiger partial charge >= 0.3 is 0 Å². The van der Waals surface area contributed by atoms with E-state index in [1.165, 1.54) is 29.7 Å². The van der Waals surface area contributed by atoms with E-state index in [-0.39, 0.29) is 4.90 Å². The second-order valence-electron chi connectivity index (χ2n) is 4.75. The van der Waals surface area contributed by atoms with E-state index in [4.69, 9.17) is 4.74 Å². The van der Waals surface area contributed by atoms with Crippen molar-refractivity contribution in [2.75, 3.05) is 6.26 Å². The Balaban J connectivity index is 1.66. The van der Waals surface area contributed by atoms with Crippen LogP contribution in [0.15, 0.2) is 53.0 Å². The molecule has 0 radical (unpaired) electrons. The van der Waals surface area contributed by atoms with E-state index in [2.05, 4.69) is 15.0 Å². The smallest absolute Gasteiger partial charge is 0.188 e. The van der Waals surface area contributed by atoms with Gasteiger partial charge in [0.15, 0.2) is 20.7 Å². The van der Waals surface area contributed by atoms with E-state index in [0.717, 1.165) is 10.7 Å². The Bertz CT molecular complexity index is 891. The van der Waals surface area contributed by atoms with Crippen LogP contribution in [0.3, 0.4) is 0 Å². The highest BCUT2D eigenvalue weighted by molar-refractivity contribution is 7.90. The molecule has 2 heterocycles. The minimum absolute atomic E-state index is 0.266. The van der Waals surface area contributed by atoms with Crippen molar-refractivity contribution >= 4 is 21.2 Å². The maximum atomic E-state index is 11.4. The van der Waals surface area contributed by atoms with E-state index in [0.29, 0.717) is 18.2 Å². The molecule has 2 aromatic heterocycles. The van der Waals surface area contributed by atoms with E-state index in [9.17, 15) is 8.42 Å². The average Bonchev–Trinajstić information content (AvgIpc) is 3.02. The molecule has 0 saturated carbocycles. The Hall–Kier alpha value is -2.32. The lowest BCUT2D eigenvalue weighted by atomic mass is 10.3. The second-order valence-corrected chi connectivity index (χ2v) is 7.62. The number of ether oxygens (including phenoxy) is 1. The summed E-state index contributed by atoms with van der Waals surface area (Å²) in [5.41, 5.74) is 0.768. The Morgan fingerprint density at radius 2 is 1.83 bits per heavy atom. The molecule has 0 spiro atoms. The first-order chi connectivity index (χ1) is 11.0. The Morgan fingerprint density at radius 1 is 1.13 bits per heavy atom. The van der Waals surface area contributed by atoms with Gasteiger partial charge in [-0.25, -0.2) is 23.4 Å². The number of rotatable bonds is 5. The summed E-state index contributed by atoms with van der Waals surface area (Å²) < 4.78 is 28.4. The summed E-state index contributed by atoms with van der Waals surface area (Å²) in [6, 6.07) is 8.05. The van der Waals surface area contributed by atoms with Crippen molar-refractivity contribution in [3.05, 3.63) is 53.8 Å². The Labute approximate surface area is 137 Å². The van der Waals surface area contributed by atoms with Gasteiger partial charge in [0, 0.05) is 24.0 Å². The molecule has 0 amide bonds. The predicted molar refractivity (Wildman–Crippen MR) is 87.0 cm³/mol. The second kappa shape index (κ2) is 6.43. The van der Waals surface area contributed by atoms with Crippen LogP contribution >= 0.6 is 11.3 Å². The van der Waals surface area contributed by atoms with Crippen LogP contribution in [0.4, 0.5) is 0 Å². The molecule has 3 rings (SSSR count). The largest absolute Gasteiger partial charge is 0.487 e. The zero-order valence-corrected chi connectivity index (χ0v) is 13.8. The van der Waals surface area contributed by atoms with Crippen LogP contribution in [-0.2, 0) is 16.4 Å². The third-order valence-electron chi connectivity index (χ3n) is 2.95. The first-order valence-corrected chi connectivity index (χ1v) is 9.44. The average molecular weight is 347 g/mol. The van der Waals surface area contributed by atoms with Gasteiger partial charge in [-0.2, -0.15) is 0 Å². The number of sulfone groups is 1. The number of hydrogen-bond donors (Lipinski definition) is 0. The summed E-state index contributed by atoms with van der Waals surface area (Å²) >= 11 is 1.45. The number of aromatic nitrogens is 3. The van der Waals surface area contributed by atoms with Gasteiger partial charge < -0.3 is 4.74 Å². The van der Waals surface area contributed by atoms with Gasteiger partial charge in [0.1, 0.15) is 12.4 Å². The van der Waals surface area contributed by atoms with E-state index >= 15 is 0 Å². The summed E-state index contributed by atoms with van der Waals surface area (Å²) in [6.07, 6.45) is 4.51. The molecule has 6 nitrogen and oxygen atoms in total. The standard InChI is InChI=1S/C15H13N3O3S2/c1-23(19,20)13-5-3-12(4-6-13)21-9-11-10-22-15(18-11)14-16-7-2-8-17-14/h2-8,10H,9H2,1H3. The van der Waals surface area contributed by atoms with Crippen molar-refractivity contribution in [2.45, 2.75) is 11.5 Å². The van der Waals surface area contributed by atoms with Crippen molar-refractivity contribution in [1.29, 1.82) is 0 Å². The normalized spacial score (nSPS) is 11.3. The predicted octanol–water partition coefficient (Wildman–Crippen LogP) is 2.58. The highest BCUT2D eigenvalue weighted by Crippen LogP contribution is 2.21. The zero-order valence-electron chi connectivity index (χ0n) is 12.2. The van der Waals surface area contributed by atoms with E-state index < -0.39 is 9.84 Å². The highest BCUT2D eigenvalue weighted by Gasteiger charge is 2.09. The van der Waals surface area contributed by atoms with Gasteiger partial charge in [-0.15, -0.1) is 11.3 Å². The maximum absolute atomic E-state index is 11.4. The molecule has 0 bridgehead atoms. The fourth-order valence-corrected chi connectivity index (χ4v) is 3.21. The SMILES string of the molecule is CS(=O)(=O)c1ccc(OCc2csc(-c3ncccn3)n2)cc1. The minimum atomic E-state index is -3.19. The summed E-state index contributed by atoms with van der Waals surface area (Å²) in [4.78, 5) is 13.0. The van der Waals surface area contributed by atoms with E-state index in [1.54, 1.807) is 30.6 Å². The molecule has 0 aliphatic carbocycles. The van der Waals surface area contributed by atoms with Crippen LogP contribution in [0, 0.1) is 0 Å². The molecule has 118 valence electrons. The van der Waals surface area contributed by atoms with Crippen LogP contribution < -0.4 is 4.74 Å². The van der Waals surface area contributed by atoms with Crippen LogP contribution in [-0.4, -0.2) is 29.6 Å². The number of hydrogen-bond acceptors (Lipinski definition) is 7. The highest BCUT2D eigenvalue weighted by atomic mass is 32.2. The molecule has 0 atom stereocenters. The third-order valence-corrected chi connectivity index (χ3v) is 4.96. The minimum Gasteiger partial charge on any atom is -0.487 e. The topological polar surface area (TPSA) is 82.0 Å². The molecule has 23 heavy (non-hydrogen) atoms. The monoisotopic (exact) mass is 347 g/mol. The Morgan fingerprint density at radius 3 is 2.48 bits per heavy atom. The molecule has 1 aromatic carbocycles. The summed E-state index contributed by atoms with van der Waals surface area (Å²) in [5, 5.41) is 2.62. The van der Waals surface area contributed by atoms with Gasteiger partial charge in [-0.1, -0.05) is 0 Å². The lowest BCUT2D eigenvalue weighted by molar-refractivity contribution is 0.302. The first-order valence-electron chi connectivity index (χ1n) is 6.67. The van der Waals surface area contributed by atoms with Crippen molar-refractivity contribution in [3.63, 3.8) is 0 Å². The summed E-state index contributed by atoms with van der Waals surface area (Å²) in [6.45, 7) is 0.293. The van der Waals surface area contributed by atoms with Gasteiger partial charge in [-0.05, 0) is 30.3 Å². The van der Waals surface area contributed by atoms with Gasteiger partial charge in [-0.3, -0.25) is 0 Å². The van der Waals surface area contributed by atoms with Gasteiger partial charge in [0.05, 0.1) is 10.6 Å². The van der Waals surface area contributed by atoms with Crippen LogP contribution in [0.2, 0.25) is 0 Å². The fraction of sp³-hybridized carbons (Fsp3) is 0.133. The molecule has 0 aliphatic rings. The van der Waals surface area contributed by atoms with Crippen LogP contribution in [0.1, 0.15) is 5.69 Å². The first kappa shape index (κ1) is 15.6. The molecule has 8 heteroatoms. The van der Waals surface area contributed by atoms with Crippen molar-refractivity contribution in [1.82, 2.24) is 15.0 Å². The summed E-state index contributed by atoms with van der Waals surface area (Å²) in [7, 11) is -3.19. The van der Waals surface area contributed by atoms with Gasteiger partial charge in [0.2, 0.25) is 0 Å². The van der Waals surface area contributed by atoms with Crippen LogP contribution in [0.5, 0.6) is 5.75 Å². The zero-order chi connectivity index (χ0) is 16.3. The Kier molecular flexibility index (Phi) is 4.35. The van der Waals surface area contributed by atoms with E-state index in [1.807, 2.05) is 5.38 Å². The molecular weight excluding hydrogens is 334 g/mol.